The van der Waals surface area contributed by atoms with Crippen molar-refractivity contribution in [2.45, 2.75) is 39.7 Å². The molecule has 0 unspecified atom stereocenters. The maximum absolute atomic E-state index is 11.3. The molecule has 1 N–H and O–H groups in total. The van der Waals surface area contributed by atoms with E-state index in [1.807, 2.05) is 20.8 Å². The smallest absolute Gasteiger partial charge is 0.317 e. The Morgan fingerprint density at radius 2 is 2.07 bits per heavy atom. The predicted molar refractivity (Wildman–Crippen MR) is 62.0 cm³/mol. The molecular formula is C11H24N2O2. The van der Waals surface area contributed by atoms with Gasteiger partial charge in [-0.3, -0.25) is 0 Å². The molecule has 4 heteroatoms. The number of hydrogen-bond donors (Lipinski definition) is 1. The molecular weight excluding hydrogens is 192 g/mol. The van der Waals surface area contributed by atoms with Gasteiger partial charge in [0.05, 0.1) is 6.10 Å². The first-order valence-corrected chi connectivity index (χ1v) is 5.68. The minimum absolute atomic E-state index is 0.00211. The lowest BCUT2D eigenvalue weighted by atomic mass is 10.3. The quantitative estimate of drug-likeness (QED) is 0.660. The van der Waals surface area contributed by atoms with Crippen molar-refractivity contribution in [2.24, 2.45) is 0 Å². The highest BCUT2D eigenvalue weighted by molar-refractivity contribution is 5.73. The normalized spacial score (nSPS) is 10.5. The maximum atomic E-state index is 11.3. The van der Waals surface area contributed by atoms with Crippen LogP contribution >= 0.6 is 0 Å². The van der Waals surface area contributed by atoms with Gasteiger partial charge in [0.1, 0.15) is 0 Å². The number of hydrogen-bond acceptors (Lipinski definition) is 2. The summed E-state index contributed by atoms with van der Waals surface area (Å²) in [4.78, 5) is 13.0. The molecule has 0 aliphatic carbocycles. The van der Waals surface area contributed by atoms with Crippen LogP contribution in [0.2, 0.25) is 0 Å². The third-order valence-corrected chi connectivity index (χ3v) is 2.12. The second-order valence-electron chi connectivity index (χ2n) is 3.87. The summed E-state index contributed by atoms with van der Waals surface area (Å²) in [6.45, 7) is 8.25. The number of urea groups is 1. The Bertz CT molecular complexity index is 172. The van der Waals surface area contributed by atoms with Gasteiger partial charge in [0.25, 0.3) is 0 Å². The van der Waals surface area contributed by atoms with Gasteiger partial charge in [-0.1, -0.05) is 0 Å². The maximum Gasteiger partial charge on any atom is 0.317 e. The Labute approximate surface area is 93.0 Å². The molecule has 90 valence electrons. The molecule has 0 aliphatic heterocycles. The van der Waals surface area contributed by atoms with Crippen molar-refractivity contribution in [1.82, 2.24) is 10.2 Å². The zero-order valence-electron chi connectivity index (χ0n) is 10.4. The van der Waals surface area contributed by atoms with Gasteiger partial charge in [0, 0.05) is 26.7 Å². The Balaban J connectivity index is 3.27. The molecule has 0 saturated carbocycles. The Kier molecular flexibility index (Phi) is 8.09. The first kappa shape index (κ1) is 14.2. The minimum atomic E-state index is 0.00211. The van der Waals surface area contributed by atoms with Gasteiger partial charge in [-0.15, -0.1) is 0 Å². The second kappa shape index (κ2) is 8.53. The summed E-state index contributed by atoms with van der Waals surface area (Å²) in [6.07, 6.45) is 2.26. The van der Waals surface area contributed by atoms with E-state index in [1.165, 1.54) is 0 Å². The number of carbonyl (C=O) groups excluding carboxylic acids is 1. The summed E-state index contributed by atoms with van der Waals surface area (Å²) in [5, 5.41) is 2.85. The molecule has 0 spiro atoms. The van der Waals surface area contributed by atoms with Crippen LogP contribution in [-0.4, -0.2) is 43.8 Å². The van der Waals surface area contributed by atoms with E-state index in [1.54, 1.807) is 11.9 Å². The van der Waals surface area contributed by atoms with Gasteiger partial charge in [0.15, 0.2) is 0 Å². The molecule has 0 rings (SSSR count). The fourth-order valence-corrected chi connectivity index (χ4v) is 1.02. The van der Waals surface area contributed by atoms with Crippen molar-refractivity contribution in [3.05, 3.63) is 0 Å². The van der Waals surface area contributed by atoms with Crippen LogP contribution in [0.15, 0.2) is 0 Å². The minimum Gasteiger partial charge on any atom is -0.379 e. The molecule has 0 atom stereocenters. The number of ether oxygens (including phenoxy) is 1. The lowest BCUT2D eigenvalue weighted by molar-refractivity contribution is 0.0760. The van der Waals surface area contributed by atoms with Crippen molar-refractivity contribution in [3.63, 3.8) is 0 Å². The van der Waals surface area contributed by atoms with Crippen LogP contribution in [0.25, 0.3) is 0 Å². The number of rotatable bonds is 7. The van der Waals surface area contributed by atoms with Crippen molar-refractivity contribution in [2.75, 3.05) is 26.7 Å². The van der Waals surface area contributed by atoms with Crippen LogP contribution in [0.3, 0.4) is 0 Å². The van der Waals surface area contributed by atoms with E-state index in [9.17, 15) is 4.79 Å². The summed E-state index contributed by atoms with van der Waals surface area (Å²) >= 11 is 0. The molecule has 0 heterocycles. The average molecular weight is 216 g/mol. The number of amides is 2. The molecule has 4 nitrogen and oxygen atoms in total. The highest BCUT2D eigenvalue weighted by atomic mass is 16.5. The number of nitrogens with one attached hydrogen (secondary N) is 1. The Morgan fingerprint density at radius 3 is 2.60 bits per heavy atom. The molecule has 0 aromatic heterocycles. The highest BCUT2D eigenvalue weighted by Gasteiger charge is 2.03. The largest absolute Gasteiger partial charge is 0.379 e. The number of unbranched alkanes of at least 4 members (excludes halogenated alkanes) is 1. The number of carbonyl (C=O) groups is 1. The summed E-state index contributed by atoms with van der Waals surface area (Å²) in [7, 11) is 1.79. The molecule has 0 aromatic rings. The van der Waals surface area contributed by atoms with Gasteiger partial charge in [0.2, 0.25) is 0 Å². The van der Waals surface area contributed by atoms with Crippen LogP contribution in [0, 0.1) is 0 Å². The average Bonchev–Trinajstić information content (AvgIpc) is 2.21. The lowest BCUT2D eigenvalue weighted by Gasteiger charge is -2.15. The molecule has 0 aromatic carbocycles. The van der Waals surface area contributed by atoms with E-state index in [-0.39, 0.29) is 6.03 Å². The molecule has 0 saturated heterocycles. The number of nitrogens with zero attached hydrogens (tertiary/aromatic N) is 1. The first-order chi connectivity index (χ1) is 7.07. The molecule has 0 bridgehead atoms. The van der Waals surface area contributed by atoms with Crippen molar-refractivity contribution < 1.29 is 9.53 Å². The summed E-state index contributed by atoms with van der Waals surface area (Å²) < 4.78 is 5.39. The molecule has 0 radical (unpaired) electrons. The van der Waals surface area contributed by atoms with Crippen molar-refractivity contribution in [3.8, 4) is 0 Å². The fraction of sp³-hybridized carbons (Fsp3) is 0.909. The lowest BCUT2D eigenvalue weighted by Crippen LogP contribution is -2.37. The monoisotopic (exact) mass is 216 g/mol. The SMILES string of the molecule is CCN(C)C(=O)NCCCCOC(C)C. The zero-order valence-corrected chi connectivity index (χ0v) is 10.4. The Morgan fingerprint density at radius 1 is 1.40 bits per heavy atom. The standard InChI is InChI=1S/C11H24N2O2/c1-5-13(4)11(14)12-8-6-7-9-15-10(2)3/h10H,5-9H2,1-4H3,(H,12,14). The van der Waals surface area contributed by atoms with Gasteiger partial charge in [-0.25, -0.2) is 4.79 Å². The van der Waals surface area contributed by atoms with Crippen LogP contribution < -0.4 is 5.32 Å². The summed E-state index contributed by atoms with van der Waals surface area (Å²) in [5.74, 6) is 0. The Hall–Kier alpha value is -0.770. The van der Waals surface area contributed by atoms with E-state index in [2.05, 4.69) is 5.32 Å². The topological polar surface area (TPSA) is 41.6 Å². The van der Waals surface area contributed by atoms with E-state index in [0.717, 1.165) is 32.5 Å². The van der Waals surface area contributed by atoms with E-state index >= 15 is 0 Å². The third kappa shape index (κ3) is 8.24. The first-order valence-electron chi connectivity index (χ1n) is 5.68. The zero-order chi connectivity index (χ0) is 11.7. The van der Waals surface area contributed by atoms with Crippen molar-refractivity contribution >= 4 is 6.03 Å². The van der Waals surface area contributed by atoms with Gasteiger partial charge < -0.3 is 15.0 Å². The summed E-state index contributed by atoms with van der Waals surface area (Å²) in [6, 6.07) is 0.00211. The van der Waals surface area contributed by atoms with E-state index in [0.29, 0.717) is 6.10 Å². The molecule has 0 aliphatic rings. The van der Waals surface area contributed by atoms with E-state index in [4.69, 9.17) is 4.74 Å². The second-order valence-corrected chi connectivity index (χ2v) is 3.87. The van der Waals surface area contributed by atoms with Gasteiger partial charge in [-0.2, -0.15) is 0 Å². The van der Waals surface area contributed by atoms with Gasteiger partial charge >= 0.3 is 6.03 Å². The van der Waals surface area contributed by atoms with Crippen LogP contribution in [-0.2, 0) is 4.74 Å². The van der Waals surface area contributed by atoms with Crippen LogP contribution in [0.1, 0.15) is 33.6 Å². The summed E-state index contributed by atoms with van der Waals surface area (Å²) in [5.41, 5.74) is 0. The third-order valence-electron chi connectivity index (χ3n) is 2.12. The fourth-order valence-electron chi connectivity index (χ4n) is 1.02. The van der Waals surface area contributed by atoms with Crippen LogP contribution in [0.5, 0.6) is 0 Å². The van der Waals surface area contributed by atoms with Gasteiger partial charge in [-0.05, 0) is 33.6 Å². The molecule has 15 heavy (non-hydrogen) atoms. The highest BCUT2D eigenvalue weighted by Crippen LogP contribution is 1.93. The molecule has 0 fully saturated rings. The van der Waals surface area contributed by atoms with E-state index < -0.39 is 0 Å². The molecule has 2 amide bonds. The van der Waals surface area contributed by atoms with Crippen LogP contribution in [0.4, 0.5) is 4.79 Å². The predicted octanol–water partition coefficient (Wildman–Crippen LogP) is 1.85. The van der Waals surface area contributed by atoms with Crippen molar-refractivity contribution in [1.29, 1.82) is 0 Å².